The van der Waals surface area contributed by atoms with Crippen LogP contribution in [0.15, 0.2) is 18.2 Å². The zero-order chi connectivity index (χ0) is 16.9. The summed E-state index contributed by atoms with van der Waals surface area (Å²) in [5.41, 5.74) is 0.775. The average Bonchev–Trinajstić information content (AvgIpc) is 2.46. The number of carbonyl (C=O) groups is 1. The standard InChI is InChI=1S/C17H28N2O3/c1-11(2)19(12(3)4)17(20)13(5)18-15-9-8-14(21-6)10-16(15)22-7/h8-13,18H,1-7H3. The van der Waals surface area contributed by atoms with Crippen molar-refractivity contribution in [3.8, 4) is 11.5 Å². The summed E-state index contributed by atoms with van der Waals surface area (Å²) in [7, 11) is 3.21. The van der Waals surface area contributed by atoms with Gasteiger partial charge in [-0.25, -0.2) is 0 Å². The highest BCUT2D eigenvalue weighted by Crippen LogP contribution is 2.29. The van der Waals surface area contributed by atoms with Gasteiger partial charge in [-0.3, -0.25) is 4.79 Å². The fourth-order valence-corrected chi connectivity index (χ4v) is 2.54. The molecule has 0 spiro atoms. The van der Waals surface area contributed by atoms with Crippen LogP contribution in [-0.4, -0.2) is 43.2 Å². The first-order valence-corrected chi connectivity index (χ1v) is 7.62. The number of ether oxygens (including phenoxy) is 2. The van der Waals surface area contributed by atoms with Gasteiger partial charge < -0.3 is 19.7 Å². The van der Waals surface area contributed by atoms with Crippen LogP contribution in [0.1, 0.15) is 34.6 Å². The Hall–Kier alpha value is -1.91. The summed E-state index contributed by atoms with van der Waals surface area (Å²) in [5, 5.41) is 3.23. The Balaban J connectivity index is 2.92. The van der Waals surface area contributed by atoms with Crippen molar-refractivity contribution in [3.63, 3.8) is 0 Å². The van der Waals surface area contributed by atoms with Crippen LogP contribution < -0.4 is 14.8 Å². The van der Waals surface area contributed by atoms with Crippen LogP contribution in [0.25, 0.3) is 0 Å². The maximum atomic E-state index is 12.7. The van der Waals surface area contributed by atoms with E-state index < -0.39 is 0 Å². The molecule has 0 heterocycles. The third-order valence-corrected chi connectivity index (χ3v) is 3.52. The van der Waals surface area contributed by atoms with Crippen LogP contribution in [0.3, 0.4) is 0 Å². The smallest absolute Gasteiger partial charge is 0.245 e. The number of nitrogens with one attached hydrogen (secondary N) is 1. The molecule has 1 amide bonds. The molecule has 5 nitrogen and oxygen atoms in total. The van der Waals surface area contributed by atoms with Gasteiger partial charge in [-0.05, 0) is 46.8 Å². The number of carbonyl (C=O) groups excluding carboxylic acids is 1. The highest BCUT2D eigenvalue weighted by atomic mass is 16.5. The van der Waals surface area contributed by atoms with Crippen molar-refractivity contribution in [1.82, 2.24) is 4.90 Å². The molecule has 0 saturated heterocycles. The first-order valence-electron chi connectivity index (χ1n) is 7.62. The summed E-state index contributed by atoms with van der Waals surface area (Å²) in [6.07, 6.45) is 0. The monoisotopic (exact) mass is 308 g/mol. The summed E-state index contributed by atoms with van der Waals surface area (Å²) in [4.78, 5) is 14.5. The number of hydrogen-bond acceptors (Lipinski definition) is 4. The Kier molecular flexibility index (Phi) is 6.53. The van der Waals surface area contributed by atoms with Gasteiger partial charge in [0.25, 0.3) is 0 Å². The van der Waals surface area contributed by atoms with Crippen molar-refractivity contribution in [3.05, 3.63) is 18.2 Å². The van der Waals surface area contributed by atoms with Crippen molar-refractivity contribution < 1.29 is 14.3 Å². The minimum atomic E-state index is -0.341. The second kappa shape index (κ2) is 7.92. The summed E-state index contributed by atoms with van der Waals surface area (Å²) in [5.74, 6) is 1.44. The fourth-order valence-electron chi connectivity index (χ4n) is 2.54. The summed E-state index contributed by atoms with van der Waals surface area (Å²) in [6, 6.07) is 5.47. The largest absolute Gasteiger partial charge is 0.497 e. The van der Waals surface area contributed by atoms with E-state index in [9.17, 15) is 4.79 Å². The van der Waals surface area contributed by atoms with E-state index in [-0.39, 0.29) is 24.0 Å². The Morgan fingerprint density at radius 3 is 2.09 bits per heavy atom. The highest BCUT2D eigenvalue weighted by molar-refractivity contribution is 5.85. The van der Waals surface area contributed by atoms with Crippen molar-refractivity contribution in [1.29, 1.82) is 0 Å². The van der Waals surface area contributed by atoms with Crippen LogP contribution in [0, 0.1) is 0 Å². The average molecular weight is 308 g/mol. The molecule has 0 fully saturated rings. The van der Waals surface area contributed by atoms with Crippen LogP contribution in [0.5, 0.6) is 11.5 Å². The van der Waals surface area contributed by atoms with Crippen LogP contribution in [0.4, 0.5) is 5.69 Å². The van der Waals surface area contributed by atoms with Gasteiger partial charge in [0.05, 0.1) is 19.9 Å². The van der Waals surface area contributed by atoms with E-state index in [1.807, 2.05) is 51.7 Å². The quantitative estimate of drug-likeness (QED) is 0.840. The lowest BCUT2D eigenvalue weighted by Gasteiger charge is -2.33. The molecule has 1 N–H and O–H groups in total. The fraction of sp³-hybridized carbons (Fsp3) is 0.588. The Labute approximate surface area is 133 Å². The van der Waals surface area contributed by atoms with Gasteiger partial charge in [0.1, 0.15) is 17.5 Å². The second-order valence-corrected chi connectivity index (χ2v) is 5.87. The van der Waals surface area contributed by atoms with Crippen molar-refractivity contribution in [2.75, 3.05) is 19.5 Å². The van der Waals surface area contributed by atoms with E-state index in [2.05, 4.69) is 5.32 Å². The van der Waals surface area contributed by atoms with Crippen molar-refractivity contribution in [2.45, 2.75) is 52.7 Å². The number of amides is 1. The molecular formula is C17H28N2O3. The van der Waals surface area contributed by atoms with Gasteiger partial charge in [-0.2, -0.15) is 0 Å². The van der Waals surface area contributed by atoms with Gasteiger partial charge in [0.15, 0.2) is 0 Å². The van der Waals surface area contributed by atoms with Gasteiger partial charge >= 0.3 is 0 Å². The maximum Gasteiger partial charge on any atom is 0.245 e. The molecule has 22 heavy (non-hydrogen) atoms. The normalized spacial score (nSPS) is 12.2. The Morgan fingerprint density at radius 2 is 1.64 bits per heavy atom. The summed E-state index contributed by atoms with van der Waals surface area (Å²) in [6.45, 7) is 9.97. The molecule has 1 aromatic rings. The van der Waals surface area contributed by atoms with E-state index in [1.54, 1.807) is 20.3 Å². The number of anilines is 1. The lowest BCUT2D eigenvalue weighted by molar-refractivity contribution is -0.135. The zero-order valence-corrected chi connectivity index (χ0v) is 14.6. The van der Waals surface area contributed by atoms with E-state index in [0.29, 0.717) is 11.5 Å². The minimum Gasteiger partial charge on any atom is -0.497 e. The molecule has 1 unspecified atom stereocenters. The Bertz CT molecular complexity index is 493. The van der Waals surface area contributed by atoms with E-state index in [0.717, 1.165) is 5.69 Å². The molecule has 0 aliphatic carbocycles. The second-order valence-electron chi connectivity index (χ2n) is 5.87. The number of benzene rings is 1. The Morgan fingerprint density at radius 1 is 1.05 bits per heavy atom. The number of hydrogen-bond donors (Lipinski definition) is 1. The third-order valence-electron chi connectivity index (χ3n) is 3.52. The molecule has 0 radical (unpaired) electrons. The van der Waals surface area contributed by atoms with Crippen LogP contribution in [-0.2, 0) is 4.79 Å². The van der Waals surface area contributed by atoms with Crippen molar-refractivity contribution in [2.24, 2.45) is 0 Å². The molecule has 0 aliphatic heterocycles. The summed E-state index contributed by atoms with van der Waals surface area (Å²) < 4.78 is 10.5. The van der Waals surface area contributed by atoms with Crippen LogP contribution >= 0.6 is 0 Å². The van der Waals surface area contributed by atoms with Gasteiger partial charge in [0.2, 0.25) is 5.91 Å². The molecule has 0 bridgehead atoms. The lowest BCUT2D eigenvalue weighted by Crippen LogP contribution is -2.48. The van der Waals surface area contributed by atoms with E-state index in [1.165, 1.54) is 0 Å². The first kappa shape index (κ1) is 18.1. The lowest BCUT2D eigenvalue weighted by atomic mass is 10.1. The van der Waals surface area contributed by atoms with E-state index >= 15 is 0 Å². The molecule has 1 aromatic carbocycles. The molecule has 1 rings (SSSR count). The molecular weight excluding hydrogens is 280 g/mol. The number of rotatable bonds is 7. The molecule has 0 aliphatic rings. The summed E-state index contributed by atoms with van der Waals surface area (Å²) >= 11 is 0. The van der Waals surface area contributed by atoms with Gasteiger partial charge in [-0.1, -0.05) is 0 Å². The topological polar surface area (TPSA) is 50.8 Å². The molecule has 5 heteroatoms. The van der Waals surface area contributed by atoms with Gasteiger partial charge in [-0.15, -0.1) is 0 Å². The number of nitrogens with zero attached hydrogens (tertiary/aromatic N) is 1. The predicted octanol–water partition coefficient (Wildman–Crippen LogP) is 3.15. The maximum absolute atomic E-state index is 12.7. The predicted molar refractivity (Wildman–Crippen MR) is 89.7 cm³/mol. The van der Waals surface area contributed by atoms with Crippen molar-refractivity contribution >= 4 is 11.6 Å². The molecule has 0 aromatic heterocycles. The first-order chi connectivity index (χ1) is 10.3. The highest BCUT2D eigenvalue weighted by Gasteiger charge is 2.25. The van der Waals surface area contributed by atoms with E-state index in [4.69, 9.17) is 9.47 Å². The molecule has 1 atom stereocenters. The SMILES string of the molecule is COc1ccc(NC(C)C(=O)N(C(C)C)C(C)C)c(OC)c1. The van der Waals surface area contributed by atoms with Crippen LogP contribution in [0.2, 0.25) is 0 Å². The zero-order valence-electron chi connectivity index (χ0n) is 14.6. The molecule has 124 valence electrons. The number of methoxy groups -OCH3 is 2. The molecule has 0 saturated carbocycles. The minimum absolute atomic E-state index is 0.0721. The van der Waals surface area contributed by atoms with Gasteiger partial charge in [0, 0.05) is 18.2 Å². The third kappa shape index (κ3) is 4.29.